The molecule has 3 rings (SSSR count). The summed E-state index contributed by atoms with van der Waals surface area (Å²) in [6.07, 6.45) is 4.67. The first-order valence-corrected chi connectivity index (χ1v) is 9.57. The van der Waals surface area contributed by atoms with E-state index >= 15 is 0 Å². The molecule has 0 bridgehead atoms. The summed E-state index contributed by atoms with van der Waals surface area (Å²) in [5.41, 5.74) is 1.53. The summed E-state index contributed by atoms with van der Waals surface area (Å²) in [5.74, 6) is -0.00216. The van der Waals surface area contributed by atoms with Crippen LogP contribution >= 0.6 is 0 Å². The Labute approximate surface area is 159 Å². The largest absolute Gasteiger partial charge is 0.348 e. The van der Waals surface area contributed by atoms with E-state index in [2.05, 4.69) is 27.8 Å². The van der Waals surface area contributed by atoms with E-state index in [0.717, 1.165) is 19.3 Å². The lowest BCUT2D eigenvalue weighted by atomic mass is 10.0. The number of aryl methyl sites for hydroxylation is 1. The fraction of sp³-hybridized carbons (Fsp3) is 0.500. The monoisotopic (exact) mass is 369 g/mol. The van der Waals surface area contributed by atoms with Crippen LogP contribution < -0.4 is 5.32 Å². The van der Waals surface area contributed by atoms with Crippen molar-refractivity contribution in [1.29, 1.82) is 0 Å². The summed E-state index contributed by atoms with van der Waals surface area (Å²) in [7, 11) is 0. The molecule has 1 fully saturated rings. The maximum absolute atomic E-state index is 12.4. The van der Waals surface area contributed by atoms with Gasteiger partial charge in [0.15, 0.2) is 5.69 Å². The molecule has 2 amide bonds. The van der Waals surface area contributed by atoms with Gasteiger partial charge in [-0.05, 0) is 38.7 Å². The van der Waals surface area contributed by atoms with E-state index < -0.39 is 0 Å². The molecule has 1 aliphatic heterocycles. The highest BCUT2D eigenvalue weighted by molar-refractivity contribution is 5.92. The van der Waals surface area contributed by atoms with E-state index in [-0.39, 0.29) is 23.9 Å². The van der Waals surface area contributed by atoms with Crippen LogP contribution in [0, 0.1) is 0 Å². The van der Waals surface area contributed by atoms with Crippen LogP contribution in [0.25, 0.3) is 0 Å². The van der Waals surface area contributed by atoms with Crippen LogP contribution in [0.15, 0.2) is 36.5 Å². The van der Waals surface area contributed by atoms with Gasteiger partial charge >= 0.3 is 0 Å². The van der Waals surface area contributed by atoms with Crippen molar-refractivity contribution in [3.8, 4) is 0 Å². The number of carbonyl (C=O) groups is 2. The SMILES string of the molecule is CC(C)NC(=O)c1cn(C2CCN(C(=O)CCc3ccccc3)CC2)nn1. The molecule has 0 unspecified atom stereocenters. The Kier molecular flexibility index (Phi) is 6.21. The molecule has 1 aromatic heterocycles. The van der Waals surface area contributed by atoms with Crippen molar-refractivity contribution < 1.29 is 9.59 Å². The minimum absolute atomic E-state index is 0.0628. The number of carbonyl (C=O) groups excluding carboxylic acids is 2. The molecule has 0 spiro atoms. The van der Waals surface area contributed by atoms with E-state index in [1.165, 1.54) is 5.56 Å². The first-order chi connectivity index (χ1) is 13.0. The summed E-state index contributed by atoms with van der Waals surface area (Å²) in [6.45, 7) is 5.25. The summed E-state index contributed by atoms with van der Waals surface area (Å²) in [4.78, 5) is 26.4. The van der Waals surface area contributed by atoms with Crippen LogP contribution in [-0.2, 0) is 11.2 Å². The van der Waals surface area contributed by atoms with Gasteiger partial charge in [0.1, 0.15) is 0 Å². The van der Waals surface area contributed by atoms with Crippen LogP contribution in [0.5, 0.6) is 0 Å². The predicted octanol–water partition coefficient (Wildman–Crippen LogP) is 2.21. The second-order valence-electron chi connectivity index (χ2n) is 7.31. The number of nitrogens with one attached hydrogen (secondary N) is 1. The van der Waals surface area contributed by atoms with Crippen LogP contribution in [0.2, 0.25) is 0 Å². The Morgan fingerprint density at radius 1 is 1.19 bits per heavy atom. The third-order valence-electron chi connectivity index (χ3n) is 4.82. The number of amides is 2. The molecule has 1 aromatic carbocycles. The lowest BCUT2D eigenvalue weighted by Gasteiger charge is -2.32. The molecule has 7 nitrogen and oxygen atoms in total. The third kappa shape index (κ3) is 5.15. The van der Waals surface area contributed by atoms with E-state index in [4.69, 9.17) is 0 Å². The number of rotatable bonds is 6. The molecule has 2 aromatic rings. The molecule has 7 heteroatoms. The molecule has 1 aliphatic rings. The zero-order valence-electron chi connectivity index (χ0n) is 16.0. The summed E-state index contributed by atoms with van der Waals surface area (Å²) >= 11 is 0. The Balaban J connectivity index is 1.48. The first-order valence-electron chi connectivity index (χ1n) is 9.57. The van der Waals surface area contributed by atoms with Crippen LogP contribution in [0.3, 0.4) is 0 Å². The summed E-state index contributed by atoms with van der Waals surface area (Å²) in [6, 6.07) is 10.3. The number of piperidine rings is 1. The van der Waals surface area contributed by atoms with Crippen molar-refractivity contribution in [1.82, 2.24) is 25.2 Å². The minimum Gasteiger partial charge on any atom is -0.348 e. The second-order valence-corrected chi connectivity index (χ2v) is 7.31. The number of hydrogen-bond acceptors (Lipinski definition) is 4. The van der Waals surface area contributed by atoms with E-state index in [0.29, 0.717) is 25.2 Å². The molecule has 0 radical (unpaired) electrons. The van der Waals surface area contributed by atoms with Crippen molar-refractivity contribution in [3.63, 3.8) is 0 Å². The molecule has 0 atom stereocenters. The average molecular weight is 369 g/mol. The average Bonchev–Trinajstić information content (AvgIpc) is 3.17. The number of likely N-dealkylation sites (tertiary alicyclic amines) is 1. The normalized spacial score (nSPS) is 15.1. The lowest BCUT2D eigenvalue weighted by molar-refractivity contribution is -0.132. The van der Waals surface area contributed by atoms with Crippen molar-refractivity contribution in [2.45, 2.75) is 51.6 Å². The van der Waals surface area contributed by atoms with Crippen LogP contribution in [0.1, 0.15) is 55.2 Å². The highest BCUT2D eigenvalue weighted by Gasteiger charge is 2.25. The van der Waals surface area contributed by atoms with Crippen molar-refractivity contribution in [2.24, 2.45) is 0 Å². The molecule has 27 heavy (non-hydrogen) atoms. The molecule has 1 saturated heterocycles. The quantitative estimate of drug-likeness (QED) is 0.847. The molecule has 0 aliphatic carbocycles. The van der Waals surface area contributed by atoms with Crippen LogP contribution in [0.4, 0.5) is 0 Å². The minimum atomic E-state index is -0.204. The molecule has 0 saturated carbocycles. The zero-order valence-corrected chi connectivity index (χ0v) is 16.0. The van der Waals surface area contributed by atoms with Crippen molar-refractivity contribution in [2.75, 3.05) is 13.1 Å². The first kappa shape index (κ1) is 19.1. The van der Waals surface area contributed by atoms with Gasteiger partial charge in [0.2, 0.25) is 5.91 Å². The Morgan fingerprint density at radius 3 is 2.56 bits per heavy atom. The van der Waals surface area contributed by atoms with Gasteiger partial charge in [-0.25, -0.2) is 4.68 Å². The topological polar surface area (TPSA) is 80.1 Å². The van der Waals surface area contributed by atoms with Gasteiger partial charge < -0.3 is 10.2 Å². The fourth-order valence-corrected chi connectivity index (χ4v) is 3.33. The number of aromatic nitrogens is 3. The Bertz CT molecular complexity index is 764. The van der Waals surface area contributed by atoms with Gasteiger partial charge in [0.05, 0.1) is 12.2 Å². The molecular formula is C20H27N5O2. The number of nitrogens with zero attached hydrogens (tertiary/aromatic N) is 4. The fourth-order valence-electron chi connectivity index (χ4n) is 3.33. The van der Waals surface area contributed by atoms with Gasteiger partial charge in [-0.2, -0.15) is 0 Å². The Hall–Kier alpha value is -2.70. The van der Waals surface area contributed by atoms with Gasteiger partial charge in [0.25, 0.3) is 5.91 Å². The Morgan fingerprint density at radius 2 is 1.89 bits per heavy atom. The predicted molar refractivity (Wildman–Crippen MR) is 102 cm³/mol. The van der Waals surface area contributed by atoms with Crippen LogP contribution in [-0.4, -0.2) is 50.8 Å². The highest BCUT2D eigenvalue weighted by atomic mass is 16.2. The number of benzene rings is 1. The maximum Gasteiger partial charge on any atom is 0.273 e. The maximum atomic E-state index is 12.4. The van der Waals surface area contributed by atoms with E-state index in [1.807, 2.05) is 36.9 Å². The van der Waals surface area contributed by atoms with E-state index in [1.54, 1.807) is 10.9 Å². The van der Waals surface area contributed by atoms with Gasteiger partial charge in [0, 0.05) is 25.6 Å². The van der Waals surface area contributed by atoms with E-state index in [9.17, 15) is 9.59 Å². The standard InChI is InChI=1S/C20H27N5O2/c1-15(2)21-20(27)18-14-25(23-22-18)17-10-12-24(13-11-17)19(26)9-8-16-6-4-3-5-7-16/h3-7,14-15,17H,8-13H2,1-2H3,(H,21,27). The highest BCUT2D eigenvalue weighted by Crippen LogP contribution is 2.22. The summed E-state index contributed by atoms with van der Waals surface area (Å²) < 4.78 is 1.76. The molecule has 2 heterocycles. The molecule has 1 N–H and O–H groups in total. The lowest BCUT2D eigenvalue weighted by Crippen LogP contribution is -2.39. The molecular weight excluding hydrogens is 342 g/mol. The van der Waals surface area contributed by atoms with Gasteiger partial charge in [-0.15, -0.1) is 5.10 Å². The smallest absolute Gasteiger partial charge is 0.273 e. The second kappa shape index (κ2) is 8.79. The zero-order chi connectivity index (χ0) is 19.2. The van der Waals surface area contributed by atoms with Gasteiger partial charge in [-0.1, -0.05) is 35.5 Å². The van der Waals surface area contributed by atoms with Crippen molar-refractivity contribution >= 4 is 11.8 Å². The van der Waals surface area contributed by atoms with Crippen molar-refractivity contribution in [3.05, 3.63) is 47.8 Å². The summed E-state index contributed by atoms with van der Waals surface area (Å²) in [5, 5.41) is 10.9. The number of hydrogen-bond donors (Lipinski definition) is 1. The molecule has 144 valence electrons. The third-order valence-corrected chi connectivity index (χ3v) is 4.82. The van der Waals surface area contributed by atoms with Gasteiger partial charge in [-0.3, -0.25) is 9.59 Å².